The Morgan fingerprint density at radius 2 is 2.18 bits per heavy atom. The van der Waals surface area contributed by atoms with Crippen LogP contribution in [0.5, 0.6) is 5.75 Å². The predicted octanol–water partition coefficient (Wildman–Crippen LogP) is 1.86. The van der Waals surface area contributed by atoms with Gasteiger partial charge < -0.3 is 15.4 Å². The molecule has 0 fully saturated rings. The molecular weight excluding hydrogens is 216 g/mol. The fourth-order valence-corrected chi connectivity index (χ4v) is 1.27. The lowest BCUT2D eigenvalue weighted by atomic mass is 10.2. The predicted molar refractivity (Wildman–Crippen MR) is 68.3 cm³/mol. The SMILES string of the molecule is C=CCNC(=O)NCCOc1ccccc1C. The summed E-state index contributed by atoms with van der Waals surface area (Å²) in [7, 11) is 0. The number of carbonyl (C=O) groups excluding carboxylic acids is 1. The highest BCUT2D eigenvalue weighted by atomic mass is 16.5. The largest absolute Gasteiger partial charge is 0.491 e. The second-order valence-electron chi connectivity index (χ2n) is 3.54. The van der Waals surface area contributed by atoms with Gasteiger partial charge in [0.15, 0.2) is 0 Å². The first-order chi connectivity index (χ1) is 8.24. The zero-order chi connectivity index (χ0) is 12.5. The van der Waals surface area contributed by atoms with Crippen molar-refractivity contribution in [3.8, 4) is 5.75 Å². The second-order valence-corrected chi connectivity index (χ2v) is 3.54. The van der Waals surface area contributed by atoms with Gasteiger partial charge in [-0.25, -0.2) is 4.79 Å². The Labute approximate surface area is 102 Å². The molecule has 1 aromatic carbocycles. The fraction of sp³-hybridized carbons (Fsp3) is 0.308. The van der Waals surface area contributed by atoms with Gasteiger partial charge in [0.25, 0.3) is 0 Å². The zero-order valence-corrected chi connectivity index (χ0v) is 10.0. The third kappa shape index (κ3) is 5.06. The molecule has 0 heterocycles. The first kappa shape index (κ1) is 13.1. The molecule has 0 bridgehead atoms. The minimum atomic E-state index is -0.210. The molecular formula is C13H18N2O2. The van der Waals surface area contributed by atoms with Gasteiger partial charge in [-0.05, 0) is 18.6 Å². The molecule has 92 valence electrons. The minimum Gasteiger partial charge on any atom is -0.491 e. The van der Waals surface area contributed by atoms with E-state index in [1.807, 2.05) is 31.2 Å². The molecule has 0 unspecified atom stereocenters. The lowest BCUT2D eigenvalue weighted by Crippen LogP contribution is -2.37. The van der Waals surface area contributed by atoms with E-state index in [1.165, 1.54) is 0 Å². The molecule has 0 saturated heterocycles. The highest BCUT2D eigenvalue weighted by Crippen LogP contribution is 2.15. The van der Waals surface area contributed by atoms with Crippen LogP contribution in [0.1, 0.15) is 5.56 Å². The average molecular weight is 234 g/mol. The van der Waals surface area contributed by atoms with Crippen LogP contribution in [0.3, 0.4) is 0 Å². The van der Waals surface area contributed by atoms with E-state index >= 15 is 0 Å². The van der Waals surface area contributed by atoms with Gasteiger partial charge in [0, 0.05) is 6.54 Å². The van der Waals surface area contributed by atoms with Gasteiger partial charge in [-0.2, -0.15) is 0 Å². The molecule has 0 atom stereocenters. The summed E-state index contributed by atoms with van der Waals surface area (Å²) in [5.41, 5.74) is 1.09. The monoisotopic (exact) mass is 234 g/mol. The van der Waals surface area contributed by atoms with Crippen molar-refractivity contribution in [2.45, 2.75) is 6.92 Å². The number of aryl methyl sites for hydroxylation is 1. The van der Waals surface area contributed by atoms with Crippen LogP contribution in [0.15, 0.2) is 36.9 Å². The average Bonchev–Trinajstić information content (AvgIpc) is 2.34. The van der Waals surface area contributed by atoms with Crippen molar-refractivity contribution in [3.05, 3.63) is 42.5 Å². The third-order valence-electron chi connectivity index (χ3n) is 2.15. The molecule has 0 saturated carbocycles. The summed E-state index contributed by atoms with van der Waals surface area (Å²) in [5, 5.41) is 5.30. The number of nitrogens with one attached hydrogen (secondary N) is 2. The van der Waals surface area contributed by atoms with E-state index in [-0.39, 0.29) is 6.03 Å². The number of amides is 2. The third-order valence-corrected chi connectivity index (χ3v) is 2.15. The molecule has 0 aliphatic heterocycles. The Morgan fingerprint density at radius 3 is 2.88 bits per heavy atom. The topological polar surface area (TPSA) is 50.4 Å². The highest BCUT2D eigenvalue weighted by Gasteiger charge is 1.99. The lowest BCUT2D eigenvalue weighted by Gasteiger charge is -2.09. The van der Waals surface area contributed by atoms with Gasteiger partial charge in [-0.1, -0.05) is 24.3 Å². The van der Waals surface area contributed by atoms with Gasteiger partial charge in [0.05, 0.1) is 6.54 Å². The summed E-state index contributed by atoms with van der Waals surface area (Å²) < 4.78 is 5.53. The Morgan fingerprint density at radius 1 is 1.41 bits per heavy atom. The van der Waals surface area contributed by atoms with E-state index in [9.17, 15) is 4.79 Å². The minimum absolute atomic E-state index is 0.210. The van der Waals surface area contributed by atoms with Crippen molar-refractivity contribution in [3.63, 3.8) is 0 Å². The Kier molecular flexibility index (Phi) is 5.64. The van der Waals surface area contributed by atoms with Crippen LogP contribution in [0.2, 0.25) is 0 Å². The number of hydrogen-bond donors (Lipinski definition) is 2. The maximum Gasteiger partial charge on any atom is 0.315 e. The van der Waals surface area contributed by atoms with Crippen molar-refractivity contribution in [1.29, 1.82) is 0 Å². The van der Waals surface area contributed by atoms with Crippen LogP contribution in [0.4, 0.5) is 4.79 Å². The molecule has 1 rings (SSSR count). The van der Waals surface area contributed by atoms with Crippen LogP contribution in [0.25, 0.3) is 0 Å². The van der Waals surface area contributed by atoms with E-state index < -0.39 is 0 Å². The molecule has 2 N–H and O–H groups in total. The number of hydrogen-bond acceptors (Lipinski definition) is 2. The molecule has 0 aromatic heterocycles. The van der Waals surface area contributed by atoms with Crippen molar-refractivity contribution in [1.82, 2.24) is 10.6 Å². The summed E-state index contributed by atoms with van der Waals surface area (Å²) in [5.74, 6) is 0.848. The van der Waals surface area contributed by atoms with Gasteiger partial charge in [-0.15, -0.1) is 6.58 Å². The zero-order valence-electron chi connectivity index (χ0n) is 10.0. The molecule has 17 heavy (non-hydrogen) atoms. The summed E-state index contributed by atoms with van der Waals surface area (Å²) in [6, 6.07) is 7.57. The smallest absolute Gasteiger partial charge is 0.315 e. The molecule has 0 aliphatic rings. The Hall–Kier alpha value is -1.97. The van der Waals surface area contributed by atoms with Gasteiger partial charge >= 0.3 is 6.03 Å². The molecule has 0 spiro atoms. The summed E-state index contributed by atoms with van der Waals surface area (Å²) in [6.45, 7) is 6.88. The van der Waals surface area contributed by atoms with Gasteiger partial charge in [0.1, 0.15) is 12.4 Å². The first-order valence-electron chi connectivity index (χ1n) is 5.55. The number of rotatable bonds is 6. The van der Waals surface area contributed by atoms with Crippen molar-refractivity contribution >= 4 is 6.03 Å². The molecule has 0 aliphatic carbocycles. The highest BCUT2D eigenvalue weighted by molar-refractivity contribution is 5.73. The maximum absolute atomic E-state index is 11.2. The normalized spacial score (nSPS) is 9.47. The Balaban J connectivity index is 2.18. The molecule has 4 heteroatoms. The van der Waals surface area contributed by atoms with Crippen LogP contribution in [0, 0.1) is 6.92 Å². The van der Waals surface area contributed by atoms with Crippen LogP contribution in [-0.2, 0) is 0 Å². The number of para-hydroxylation sites is 1. The molecule has 2 amide bonds. The molecule has 0 radical (unpaired) electrons. The number of ether oxygens (including phenoxy) is 1. The Bertz CT molecular complexity index is 377. The van der Waals surface area contributed by atoms with Crippen molar-refractivity contribution in [2.24, 2.45) is 0 Å². The van der Waals surface area contributed by atoms with E-state index in [0.29, 0.717) is 19.7 Å². The van der Waals surface area contributed by atoms with Crippen molar-refractivity contribution in [2.75, 3.05) is 19.7 Å². The number of carbonyl (C=O) groups is 1. The number of urea groups is 1. The van der Waals surface area contributed by atoms with Gasteiger partial charge in [0.2, 0.25) is 0 Å². The van der Waals surface area contributed by atoms with E-state index in [0.717, 1.165) is 11.3 Å². The van der Waals surface area contributed by atoms with Gasteiger partial charge in [-0.3, -0.25) is 0 Å². The summed E-state index contributed by atoms with van der Waals surface area (Å²) in [6.07, 6.45) is 1.63. The van der Waals surface area contributed by atoms with Crippen LogP contribution in [-0.4, -0.2) is 25.7 Å². The van der Waals surface area contributed by atoms with Crippen LogP contribution >= 0.6 is 0 Å². The van der Waals surface area contributed by atoms with E-state index in [2.05, 4.69) is 17.2 Å². The summed E-state index contributed by atoms with van der Waals surface area (Å²) >= 11 is 0. The maximum atomic E-state index is 11.2. The first-order valence-corrected chi connectivity index (χ1v) is 5.55. The van der Waals surface area contributed by atoms with Crippen molar-refractivity contribution < 1.29 is 9.53 Å². The standard InChI is InChI=1S/C13H18N2O2/c1-3-8-14-13(16)15-9-10-17-12-7-5-4-6-11(12)2/h3-7H,1,8-10H2,2H3,(H2,14,15,16). The van der Waals surface area contributed by atoms with E-state index in [4.69, 9.17) is 4.74 Å². The number of benzene rings is 1. The fourth-order valence-electron chi connectivity index (χ4n) is 1.27. The second kappa shape index (κ2) is 7.33. The van der Waals surface area contributed by atoms with Crippen LogP contribution < -0.4 is 15.4 Å². The quantitative estimate of drug-likeness (QED) is 0.583. The molecule has 1 aromatic rings. The lowest BCUT2D eigenvalue weighted by molar-refractivity contribution is 0.237. The summed E-state index contributed by atoms with van der Waals surface area (Å²) in [4.78, 5) is 11.2. The van der Waals surface area contributed by atoms with E-state index in [1.54, 1.807) is 6.08 Å². The molecule has 4 nitrogen and oxygen atoms in total.